The van der Waals surface area contributed by atoms with Gasteiger partial charge in [0.05, 0.1) is 11.1 Å². The third-order valence-corrected chi connectivity index (χ3v) is 2.66. The molecule has 0 unspecified atom stereocenters. The Kier molecular flexibility index (Phi) is 4.14. The highest BCUT2D eigenvalue weighted by Gasteiger charge is 2.10. The van der Waals surface area contributed by atoms with E-state index >= 15 is 0 Å². The van der Waals surface area contributed by atoms with Crippen LogP contribution in [-0.2, 0) is 0 Å². The van der Waals surface area contributed by atoms with E-state index in [2.05, 4.69) is 36.7 Å². The molecule has 0 N–H and O–H groups in total. The van der Waals surface area contributed by atoms with Crippen molar-refractivity contribution in [3.8, 4) is 5.75 Å². The Morgan fingerprint density at radius 2 is 2.00 bits per heavy atom. The molecular weight excluding hydrogens is 259 g/mol. The summed E-state index contributed by atoms with van der Waals surface area (Å²) in [5, 5.41) is 0. The largest absolute Gasteiger partial charge is 0.492 e. The van der Waals surface area contributed by atoms with Gasteiger partial charge in [-0.05, 0) is 39.9 Å². The molecule has 0 amide bonds. The van der Waals surface area contributed by atoms with E-state index in [-0.39, 0.29) is 11.2 Å². The van der Waals surface area contributed by atoms with Crippen LogP contribution in [0, 0.1) is 11.2 Å². The van der Waals surface area contributed by atoms with Crippen molar-refractivity contribution in [2.24, 2.45) is 5.41 Å². The molecule has 0 aliphatic carbocycles. The molecule has 0 aliphatic heterocycles. The monoisotopic (exact) mass is 274 g/mol. The summed E-state index contributed by atoms with van der Waals surface area (Å²) in [5.74, 6) is 0.295. The lowest BCUT2D eigenvalue weighted by atomic mass is 9.93. The maximum absolute atomic E-state index is 12.9. The highest BCUT2D eigenvalue weighted by Crippen LogP contribution is 2.26. The van der Waals surface area contributed by atoms with Gasteiger partial charge < -0.3 is 4.74 Å². The van der Waals surface area contributed by atoms with Crippen LogP contribution in [0.3, 0.4) is 0 Å². The maximum Gasteiger partial charge on any atom is 0.136 e. The first kappa shape index (κ1) is 12.5. The summed E-state index contributed by atoms with van der Waals surface area (Å²) in [6, 6.07) is 4.45. The minimum Gasteiger partial charge on any atom is -0.492 e. The zero-order valence-electron chi connectivity index (χ0n) is 9.31. The third-order valence-electron chi connectivity index (χ3n) is 2.00. The first-order chi connectivity index (χ1) is 6.88. The van der Waals surface area contributed by atoms with Crippen LogP contribution >= 0.6 is 15.9 Å². The summed E-state index contributed by atoms with van der Waals surface area (Å²) in [7, 11) is 0. The first-order valence-electron chi connectivity index (χ1n) is 4.96. The lowest BCUT2D eigenvalue weighted by molar-refractivity contribution is 0.241. The van der Waals surface area contributed by atoms with Crippen molar-refractivity contribution in [1.29, 1.82) is 0 Å². The van der Waals surface area contributed by atoms with Crippen LogP contribution in [0.2, 0.25) is 0 Å². The van der Waals surface area contributed by atoms with E-state index in [0.29, 0.717) is 12.4 Å². The van der Waals surface area contributed by atoms with Crippen molar-refractivity contribution in [1.82, 2.24) is 0 Å². The van der Waals surface area contributed by atoms with Gasteiger partial charge in [-0.15, -0.1) is 0 Å². The molecule has 0 aromatic heterocycles. The zero-order chi connectivity index (χ0) is 11.5. The van der Waals surface area contributed by atoms with Gasteiger partial charge in [-0.1, -0.05) is 20.8 Å². The quantitative estimate of drug-likeness (QED) is 0.794. The van der Waals surface area contributed by atoms with Gasteiger partial charge in [-0.2, -0.15) is 0 Å². The summed E-state index contributed by atoms with van der Waals surface area (Å²) in [6.07, 6.45) is 0.940. The molecule has 0 radical (unpaired) electrons. The number of ether oxygens (including phenoxy) is 1. The van der Waals surface area contributed by atoms with Gasteiger partial charge in [0.1, 0.15) is 11.6 Å². The molecule has 1 nitrogen and oxygen atoms in total. The molecule has 1 aromatic rings. The Morgan fingerprint density at radius 3 is 2.60 bits per heavy atom. The second-order valence-corrected chi connectivity index (χ2v) is 5.59. The summed E-state index contributed by atoms with van der Waals surface area (Å²) in [5.41, 5.74) is 0.236. The molecule has 0 saturated heterocycles. The van der Waals surface area contributed by atoms with E-state index in [1.165, 1.54) is 12.1 Å². The average Bonchev–Trinajstić information content (AvgIpc) is 2.09. The molecule has 15 heavy (non-hydrogen) atoms. The van der Waals surface area contributed by atoms with Gasteiger partial charge in [0.25, 0.3) is 0 Å². The van der Waals surface area contributed by atoms with Gasteiger partial charge >= 0.3 is 0 Å². The standard InChI is InChI=1S/C12H16BrFO/c1-12(2,3)6-7-15-11-8-9(14)4-5-10(11)13/h4-5,8H,6-7H2,1-3H3. The van der Waals surface area contributed by atoms with Crippen molar-refractivity contribution in [3.63, 3.8) is 0 Å². The minimum absolute atomic E-state index is 0.236. The second-order valence-electron chi connectivity index (χ2n) is 4.73. The van der Waals surface area contributed by atoms with Crippen molar-refractivity contribution in [2.45, 2.75) is 27.2 Å². The Labute approximate surface area is 98.8 Å². The van der Waals surface area contributed by atoms with Crippen LogP contribution < -0.4 is 4.74 Å². The van der Waals surface area contributed by atoms with Crippen LogP contribution in [0.4, 0.5) is 4.39 Å². The third kappa shape index (κ3) is 4.65. The highest BCUT2D eigenvalue weighted by atomic mass is 79.9. The summed E-state index contributed by atoms with van der Waals surface area (Å²) in [6.45, 7) is 7.05. The topological polar surface area (TPSA) is 9.23 Å². The molecule has 1 aromatic carbocycles. The fraction of sp³-hybridized carbons (Fsp3) is 0.500. The van der Waals surface area contributed by atoms with Crippen molar-refractivity contribution in [3.05, 3.63) is 28.5 Å². The molecule has 0 spiro atoms. The lowest BCUT2D eigenvalue weighted by Gasteiger charge is -2.18. The van der Waals surface area contributed by atoms with Crippen molar-refractivity contribution < 1.29 is 9.13 Å². The summed E-state index contributed by atoms with van der Waals surface area (Å²) in [4.78, 5) is 0. The minimum atomic E-state index is -0.274. The number of hydrogen-bond donors (Lipinski definition) is 0. The van der Waals surface area contributed by atoms with Crippen LogP contribution in [0.15, 0.2) is 22.7 Å². The Hall–Kier alpha value is -0.570. The highest BCUT2D eigenvalue weighted by molar-refractivity contribution is 9.10. The molecule has 84 valence electrons. The smallest absolute Gasteiger partial charge is 0.136 e. The van der Waals surface area contributed by atoms with Gasteiger partial charge in [0.15, 0.2) is 0 Å². The molecule has 0 bridgehead atoms. The maximum atomic E-state index is 12.9. The molecule has 3 heteroatoms. The first-order valence-corrected chi connectivity index (χ1v) is 5.76. The molecule has 0 aliphatic rings. The number of benzene rings is 1. The fourth-order valence-corrected chi connectivity index (χ4v) is 1.42. The van der Waals surface area contributed by atoms with Gasteiger partial charge in [-0.25, -0.2) is 4.39 Å². The van der Waals surface area contributed by atoms with Gasteiger partial charge in [0.2, 0.25) is 0 Å². The van der Waals surface area contributed by atoms with Crippen LogP contribution in [0.1, 0.15) is 27.2 Å². The number of hydrogen-bond acceptors (Lipinski definition) is 1. The van der Waals surface area contributed by atoms with E-state index in [9.17, 15) is 4.39 Å². The SMILES string of the molecule is CC(C)(C)CCOc1cc(F)ccc1Br. The van der Waals surface area contributed by atoms with Crippen LogP contribution in [0.5, 0.6) is 5.75 Å². The molecule has 0 fully saturated rings. The molecule has 0 atom stereocenters. The summed E-state index contributed by atoms with van der Waals surface area (Å²) < 4.78 is 19.2. The van der Waals surface area contributed by atoms with Crippen LogP contribution in [-0.4, -0.2) is 6.61 Å². The Morgan fingerprint density at radius 1 is 1.33 bits per heavy atom. The lowest BCUT2D eigenvalue weighted by Crippen LogP contribution is -2.11. The molecule has 0 saturated carbocycles. The second kappa shape index (κ2) is 4.97. The van der Waals surface area contributed by atoms with E-state index < -0.39 is 0 Å². The predicted molar refractivity (Wildman–Crippen MR) is 63.7 cm³/mol. The van der Waals surface area contributed by atoms with Crippen molar-refractivity contribution >= 4 is 15.9 Å². The predicted octanol–water partition coefficient (Wildman–Crippen LogP) is 4.40. The normalized spacial score (nSPS) is 11.5. The molecule has 1 rings (SSSR count). The molecule has 0 heterocycles. The Balaban J connectivity index is 2.54. The van der Waals surface area contributed by atoms with Crippen LogP contribution in [0.25, 0.3) is 0 Å². The van der Waals surface area contributed by atoms with E-state index in [0.717, 1.165) is 10.9 Å². The van der Waals surface area contributed by atoms with Gasteiger partial charge in [-0.3, -0.25) is 0 Å². The Bertz CT molecular complexity index is 331. The number of halogens is 2. The molecular formula is C12H16BrFO. The van der Waals surface area contributed by atoms with E-state index in [4.69, 9.17) is 4.74 Å². The summed E-state index contributed by atoms with van der Waals surface area (Å²) >= 11 is 3.32. The average molecular weight is 275 g/mol. The number of rotatable bonds is 3. The fourth-order valence-electron chi connectivity index (χ4n) is 1.05. The van der Waals surface area contributed by atoms with E-state index in [1.54, 1.807) is 6.07 Å². The van der Waals surface area contributed by atoms with Crippen molar-refractivity contribution in [2.75, 3.05) is 6.61 Å². The zero-order valence-corrected chi connectivity index (χ0v) is 10.9. The van der Waals surface area contributed by atoms with Gasteiger partial charge in [0, 0.05) is 6.07 Å². The van der Waals surface area contributed by atoms with E-state index in [1.807, 2.05) is 0 Å².